The van der Waals surface area contributed by atoms with Gasteiger partial charge < -0.3 is 15.2 Å². The molecule has 0 spiro atoms. The van der Waals surface area contributed by atoms with E-state index in [1.165, 1.54) is 0 Å². The molecule has 3 atom stereocenters. The van der Waals surface area contributed by atoms with Crippen molar-refractivity contribution >= 4 is 11.7 Å². The fourth-order valence-electron chi connectivity index (χ4n) is 3.01. The monoisotopic (exact) mass is 245 g/mol. The van der Waals surface area contributed by atoms with E-state index in [0.29, 0.717) is 5.75 Å². The average molecular weight is 245 g/mol. The molecule has 18 heavy (non-hydrogen) atoms. The summed E-state index contributed by atoms with van der Waals surface area (Å²) in [5.41, 5.74) is 1.95. The number of rotatable bonds is 2. The maximum absolute atomic E-state index is 11.4. The number of hydrogen-bond donors (Lipinski definition) is 2. The van der Waals surface area contributed by atoms with Crippen molar-refractivity contribution in [1.82, 2.24) is 0 Å². The van der Waals surface area contributed by atoms with Crippen molar-refractivity contribution in [2.75, 3.05) is 12.4 Å². The summed E-state index contributed by atoms with van der Waals surface area (Å²) in [5, 5.41) is 12.5. The van der Waals surface area contributed by atoms with E-state index in [1.54, 1.807) is 7.11 Å². The average Bonchev–Trinajstić information content (AvgIpc) is 2.86. The lowest BCUT2D eigenvalue weighted by molar-refractivity contribution is -0.139. The van der Waals surface area contributed by atoms with Gasteiger partial charge in [0.1, 0.15) is 11.8 Å². The quantitative estimate of drug-likeness (QED) is 0.784. The van der Waals surface area contributed by atoms with Crippen molar-refractivity contribution < 1.29 is 14.6 Å². The molecule has 0 saturated heterocycles. The number of para-hydroxylation sites is 1. The molecule has 4 heteroatoms. The Hall–Kier alpha value is -1.97. The SMILES string of the molecule is COc1cccc2c1N[C@@H](C(=O)O)[C@@H]1CC=C[C@@H]21. The van der Waals surface area contributed by atoms with E-state index in [9.17, 15) is 9.90 Å². The summed E-state index contributed by atoms with van der Waals surface area (Å²) in [7, 11) is 1.60. The van der Waals surface area contributed by atoms with Crippen LogP contribution in [-0.2, 0) is 4.79 Å². The van der Waals surface area contributed by atoms with Crippen molar-refractivity contribution in [3.63, 3.8) is 0 Å². The minimum Gasteiger partial charge on any atom is -0.495 e. The van der Waals surface area contributed by atoms with E-state index in [4.69, 9.17) is 4.74 Å². The summed E-state index contributed by atoms with van der Waals surface area (Å²) in [6.45, 7) is 0. The van der Waals surface area contributed by atoms with Gasteiger partial charge >= 0.3 is 5.97 Å². The Morgan fingerprint density at radius 1 is 1.50 bits per heavy atom. The van der Waals surface area contributed by atoms with Crippen LogP contribution in [0.1, 0.15) is 17.9 Å². The first-order valence-electron chi connectivity index (χ1n) is 6.05. The van der Waals surface area contributed by atoms with Crippen LogP contribution < -0.4 is 10.1 Å². The second kappa shape index (κ2) is 4.05. The largest absolute Gasteiger partial charge is 0.495 e. The molecule has 1 aliphatic carbocycles. The number of aliphatic carboxylic acids is 1. The molecule has 94 valence electrons. The van der Waals surface area contributed by atoms with Gasteiger partial charge in [-0.05, 0) is 18.1 Å². The molecule has 0 unspecified atom stereocenters. The second-order valence-electron chi connectivity index (χ2n) is 4.74. The number of fused-ring (bicyclic) bond motifs is 3. The van der Waals surface area contributed by atoms with Crippen LogP contribution in [0.5, 0.6) is 5.75 Å². The highest BCUT2D eigenvalue weighted by Crippen LogP contribution is 2.47. The minimum absolute atomic E-state index is 0.0992. The molecule has 1 aliphatic heterocycles. The molecule has 0 aromatic heterocycles. The summed E-state index contributed by atoms with van der Waals surface area (Å²) in [6.07, 6.45) is 4.99. The maximum atomic E-state index is 11.4. The van der Waals surface area contributed by atoms with Crippen LogP contribution in [0.3, 0.4) is 0 Å². The molecule has 0 bridgehead atoms. The predicted molar refractivity (Wildman–Crippen MR) is 68.0 cm³/mol. The zero-order valence-electron chi connectivity index (χ0n) is 10.1. The molecular weight excluding hydrogens is 230 g/mol. The first kappa shape index (κ1) is 11.1. The molecule has 0 saturated carbocycles. The van der Waals surface area contributed by atoms with Crippen molar-refractivity contribution in [2.24, 2.45) is 5.92 Å². The summed E-state index contributed by atoms with van der Waals surface area (Å²) in [5.74, 6) is 0.183. The van der Waals surface area contributed by atoms with Crippen LogP contribution in [0.2, 0.25) is 0 Å². The summed E-state index contributed by atoms with van der Waals surface area (Å²) in [4.78, 5) is 11.4. The van der Waals surface area contributed by atoms with Crippen LogP contribution >= 0.6 is 0 Å². The highest BCUT2D eigenvalue weighted by atomic mass is 16.5. The number of ether oxygens (including phenoxy) is 1. The van der Waals surface area contributed by atoms with Crippen LogP contribution in [0.4, 0.5) is 5.69 Å². The van der Waals surface area contributed by atoms with Crippen molar-refractivity contribution in [3.05, 3.63) is 35.9 Å². The predicted octanol–water partition coefficient (Wildman–Crippen LogP) is 2.23. The zero-order chi connectivity index (χ0) is 12.7. The Bertz CT molecular complexity index is 524. The number of carbonyl (C=O) groups is 1. The van der Waals surface area contributed by atoms with E-state index < -0.39 is 12.0 Å². The Morgan fingerprint density at radius 3 is 3.06 bits per heavy atom. The van der Waals surface area contributed by atoms with E-state index in [-0.39, 0.29) is 11.8 Å². The number of anilines is 1. The van der Waals surface area contributed by atoms with E-state index in [1.807, 2.05) is 18.2 Å². The van der Waals surface area contributed by atoms with Crippen LogP contribution in [0.15, 0.2) is 30.4 Å². The molecule has 3 rings (SSSR count). The van der Waals surface area contributed by atoms with Gasteiger partial charge in [0.25, 0.3) is 0 Å². The minimum atomic E-state index is -0.801. The third kappa shape index (κ3) is 1.49. The van der Waals surface area contributed by atoms with Gasteiger partial charge in [0, 0.05) is 11.8 Å². The molecule has 4 nitrogen and oxygen atoms in total. The molecule has 1 aromatic rings. The highest BCUT2D eigenvalue weighted by molar-refractivity contribution is 5.82. The van der Waals surface area contributed by atoms with Gasteiger partial charge in [0.05, 0.1) is 12.8 Å². The molecule has 2 aliphatic rings. The van der Waals surface area contributed by atoms with Crippen molar-refractivity contribution in [1.29, 1.82) is 0 Å². The molecule has 0 fully saturated rings. The van der Waals surface area contributed by atoms with Gasteiger partial charge in [0.2, 0.25) is 0 Å². The van der Waals surface area contributed by atoms with Gasteiger partial charge in [-0.15, -0.1) is 0 Å². The molecule has 1 heterocycles. The molecule has 1 aromatic carbocycles. The van der Waals surface area contributed by atoms with Crippen LogP contribution in [0, 0.1) is 5.92 Å². The van der Waals surface area contributed by atoms with E-state index in [2.05, 4.69) is 17.5 Å². The Balaban J connectivity index is 2.11. The van der Waals surface area contributed by atoms with Gasteiger partial charge in [-0.25, -0.2) is 4.79 Å². The lowest BCUT2D eigenvalue weighted by atomic mass is 9.79. The number of benzene rings is 1. The van der Waals surface area contributed by atoms with E-state index in [0.717, 1.165) is 17.7 Å². The fourth-order valence-corrected chi connectivity index (χ4v) is 3.01. The van der Waals surface area contributed by atoms with Crippen LogP contribution in [-0.4, -0.2) is 24.2 Å². The fraction of sp³-hybridized carbons (Fsp3) is 0.357. The highest BCUT2D eigenvalue weighted by Gasteiger charge is 2.41. The van der Waals surface area contributed by atoms with Crippen molar-refractivity contribution in [2.45, 2.75) is 18.4 Å². The first-order chi connectivity index (χ1) is 8.72. The number of methoxy groups -OCH3 is 1. The normalized spacial score (nSPS) is 28.2. The maximum Gasteiger partial charge on any atom is 0.326 e. The number of allylic oxidation sites excluding steroid dienone is 2. The van der Waals surface area contributed by atoms with Gasteiger partial charge in [-0.2, -0.15) is 0 Å². The molecule has 2 N–H and O–H groups in total. The topological polar surface area (TPSA) is 58.6 Å². The van der Waals surface area contributed by atoms with Crippen LogP contribution in [0.25, 0.3) is 0 Å². The third-order valence-electron chi connectivity index (χ3n) is 3.84. The number of hydrogen-bond acceptors (Lipinski definition) is 3. The Kier molecular flexibility index (Phi) is 2.51. The molecule has 0 radical (unpaired) electrons. The second-order valence-corrected chi connectivity index (χ2v) is 4.74. The van der Waals surface area contributed by atoms with Gasteiger partial charge in [0.15, 0.2) is 0 Å². The smallest absolute Gasteiger partial charge is 0.326 e. The number of nitrogens with one attached hydrogen (secondary N) is 1. The summed E-state index contributed by atoms with van der Waals surface area (Å²) >= 11 is 0. The summed E-state index contributed by atoms with van der Waals surface area (Å²) < 4.78 is 5.31. The Morgan fingerprint density at radius 2 is 2.33 bits per heavy atom. The van der Waals surface area contributed by atoms with Crippen molar-refractivity contribution in [3.8, 4) is 5.75 Å². The standard InChI is InChI=1S/C14H15NO3/c1-18-11-7-3-6-9-8-4-2-5-10(8)13(14(16)17)15-12(9)11/h2-4,6-8,10,13,15H,5H2,1H3,(H,16,17)/t8-,10+,13+/m0/s1. The number of carboxylic acid groups (broad SMARTS) is 1. The molecule has 0 amide bonds. The lowest BCUT2D eigenvalue weighted by Gasteiger charge is -2.35. The van der Waals surface area contributed by atoms with Gasteiger partial charge in [-0.3, -0.25) is 0 Å². The summed E-state index contributed by atoms with van der Waals surface area (Å²) in [6, 6.07) is 5.29. The zero-order valence-corrected chi connectivity index (χ0v) is 10.1. The van der Waals surface area contributed by atoms with Gasteiger partial charge in [-0.1, -0.05) is 24.3 Å². The third-order valence-corrected chi connectivity index (χ3v) is 3.84. The van der Waals surface area contributed by atoms with E-state index >= 15 is 0 Å². The molecular formula is C14H15NO3. The lowest BCUT2D eigenvalue weighted by Crippen LogP contribution is -2.41. The Labute approximate surface area is 105 Å². The number of carboxylic acids is 1. The first-order valence-corrected chi connectivity index (χ1v) is 6.05.